The predicted octanol–water partition coefficient (Wildman–Crippen LogP) is 1.66. The van der Waals surface area contributed by atoms with Crippen LogP contribution in [0.1, 0.15) is 22.8 Å². The number of carbonyl (C=O) groups is 4. The van der Waals surface area contributed by atoms with Crippen molar-refractivity contribution in [1.29, 1.82) is 5.26 Å². The molecule has 8 heteroatoms. The van der Waals surface area contributed by atoms with Crippen LogP contribution in [0.4, 0.5) is 11.4 Å². The Morgan fingerprint density at radius 2 is 1.82 bits per heavy atom. The highest BCUT2D eigenvalue weighted by atomic mass is 16.5. The number of fused-ring (bicyclic) bond motifs is 1. The van der Waals surface area contributed by atoms with Crippen LogP contribution in [0.25, 0.3) is 0 Å². The third-order valence-electron chi connectivity index (χ3n) is 4.15. The number of hydrogen-bond donors (Lipinski definition) is 1. The van der Waals surface area contributed by atoms with Crippen LogP contribution in [0.3, 0.4) is 0 Å². The molecule has 0 radical (unpaired) electrons. The zero-order valence-electron chi connectivity index (χ0n) is 14.8. The third-order valence-corrected chi connectivity index (χ3v) is 4.15. The Labute approximate surface area is 160 Å². The number of benzene rings is 2. The minimum atomic E-state index is -1.16. The number of nitrogens with one attached hydrogen (secondary N) is 1. The molecule has 1 heterocycles. The SMILES string of the molecule is C[C@H](OC(=O)CN1C(=O)C(=O)c2ccccc21)C(=O)Nc1ccccc1C#N. The molecule has 1 aliphatic rings. The Kier molecular flexibility index (Phi) is 5.18. The number of rotatable bonds is 5. The van der Waals surface area contributed by atoms with Crippen molar-refractivity contribution in [2.24, 2.45) is 0 Å². The van der Waals surface area contributed by atoms with E-state index in [1.165, 1.54) is 13.0 Å². The number of carbonyl (C=O) groups excluding carboxylic acids is 4. The number of anilines is 2. The van der Waals surface area contributed by atoms with Gasteiger partial charge in [-0.3, -0.25) is 24.1 Å². The molecule has 2 amide bonds. The minimum absolute atomic E-state index is 0.221. The van der Waals surface area contributed by atoms with Gasteiger partial charge in [0.05, 0.1) is 22.5 Å². The number of ketones is 1. The van der Waals surface area contributed by atoms with Crippen molar-refractivity contribution in [2.45, 2.75) is 13.0 Å². The van der Waals surface area contributed by atoms with E-state index in [0.717, 1.165) is 4.90 Å². The van der Waals surface area contributed by atoms with Gasteiger partial charge in [-0.25, -0.2) is 0 Å². The molecule has 8 nitrogen and oxygen atoms in total. The van der Waals surface area contributed by atoms with Crippen molar-refractivity contribution < 1.29 is 23.9 Å². The van der Waals surface area contributed by atoms with Crippen LogP contribution in [-0.2, 0) is 19.1 Å². The maximum Gasteiger partial charge on any atom is 0.326 e. The number of nitrogens with zero attached hydrogens (tertiary/aromatic N) is 2. The quantitative estimate of drug-likeness (QED) is 0.626. The van der Waals surface area contributed by atoms with Crippen molar-refractivity contribution in [3.05, 3.63) is 59.7 Å². The number of nitriles is 1. The van der Waals surface area contributed by atoms with Gasteiger partial charge in [0.1, 0.15) is 12.6 Å². The van der Waals surface area contributed by atoms with Crippen molar-refractivity contribution in [2.75, 3.05) is 16.8 Å². The van der Waals surface area contributed by atoms with Crippen molar-refractivity contribution >= 4 is 34.9 Å². The number of amides is 2. The van der Waals surface area contributed by atoms with Crippen molar-refractivity contribution in [3.8, 4) is 6.07 Å². The number of Topliss-reactive ketones (excluding diaryl/α,β-unsaturated/α-hetero) is 1. The highest BCUT2D eigenvalue weighted by Crippen LogP contribution is 2.28. The van der Waals surface area contributed by atoms with Gasteiger partial charge in [0.2, 0.25) is 0 Å². The van der Waals surface area contributed by atoms with Crippen LogP contribution in [-0.4, -0.2) is 36.2 Å². The summed E-state index contributed by atoms with van der Waals surface area (Å²) in [6, 6.07) is 14.7. The van der Waals surface area contributed by atoms with Crippen LogP contribution < -0.4 is 10.2 Å². The van der Waals surface area contributed by atoms with Gasteiger partial charge in [-0.05, 0) is 31.2 Å². The predicted molar refractivity (Wildman–Crippen MR) is 98.5 cm³/mol. The van der Waals surface area contributed by atoms with Gasteiger partial charge in [0, 0.05) is 0 Å². The molecule has 28 heavy (non-hydrogen) atoms. The number of hydrogen-bond acceptors (Lipinski definition) is 6. The largest absolute Gasteiger partial charge is 0.451 e. The zero-order valence-corrected chi connectivity index (χ0v) is 14.8. The van der Waals surface area contributed by atoms with Gasteiger partial charge >= 0.3 is 5.97 Å². The zero-order chi connectivity index (χ0) is 20.3. The lowest BCUT2D eigenvalue weighted by Gasteiger charge is -2.18. The second-order valence-corrected chi connectivity index (χ2v) is 6.02. The van der Waals surface area contributed by atoms with Crippen LogP contribution in [0.2, 0.25) is 0 Å². The first-order valence-corrected chi connectivity index (χ1v) is 8.37. The number of esters is 1. The van der Waals surface area contributed by atoms with E-state index in [-0.39, 0.29) is 11.1 Å². The Morgan fingerprint density at radius 3 is 2.57 bits per heavy atom. The number of ether oxygens (including phenoxy) is 1. The standard InChI is InChI=1S/C20H15N3O5/c1-12(19(26)22-15-8-4-2-6-13(15)10-21)28-17(24)11-23-16-9-5-3-7-14(16)18(25)20(23)27/h2-9,12H,11H2,1H3,(H,22,26)/t12-/m0/s1. The molecular formula is C20H15N3O5. The molecule has 0 bridgehead atoms. The number of para-hydroxylation sites is 2. The molecular weight excluding hydrogens is 362 g/mol. The molecule has 2 aromatic carbocycles. The van der Waals surface area contributed by atoms with E-state index >= 15 is 0 Å². The highest BCUT2D eigenvalue weighted by Gasteiger charge is 2.37. The second-order valence-electron chi connectivity index (χ2n) is 6.02. The van der Waals surface area contributed by atoms with Gasteiger partial charge in [0.25, 0.3) is 17.6 Å². The van der Waals surface area contributed by atoms with Crippen LogP contribution >= 0.6 is 0 Å². The molecule has 0 aliphatic carbocycles. The molecule has 0 saturated carbocycles. The molecule has 0 fully saturated rings. The topological polar surface area (TPSA) is 117 Å². The van der Waals surface area contributed by atoms with E-state index < -0.39 is 36.2 Å². The average Bonchev–Trinajstić information content (AvgIpc) is 2.93. The van der Waals surface area contributed by atoms with Gasteiger partial charge in [-0.15, -0.1) is 0 Å². The summed E-state index contributed by atoms with van der Waals surface area (Å²) in [4.78, 5) is 49.5. The fourth-order valence-corrected chi connectivity index (χ4v) is 2.75. The summed E-state index contributed by atoms with van der Waals surface area (Å²) in [5, 5.41) is 11.6. The summed E-state index contributed by atoms with van der Waals surface area (Å²) in [5.74, 6) is -2.98. The molecule has 0 spiro atoms. The Balaban J connectivity index is 1.63. The fraction of sp³-hybridized carbons (Fsp3) is 0.150. The van der Waals surface area contributed by atoms with Crippen LogP contribution in [0.5, 0.6) is 0 Å². The molecule has 1 aliphatic heterocycles. The van der Waals surface area contributed by atoms with E-state index in [9.17, 15) is 19.2 Å². The summed E-state index contributed by atoms with van der Waals surface area (Å²) in [6.45, 7) is 0.876. The van der Waals surface area contributed by atoms with Crippen molar-refractivity contribution in [1.82, 2.24) is 0 Å². The second kappa shape index (κ2) is 7.72. The monoisotopic (exact) mass is 377 g/mol. The summed E-state index contributed by atoms with van der Waals surface area (Å²) in [6.07, 6.45) is -1.16. The van der Waals surface area contributed by atoms with Crippen LogP contribution in [0.15, 0.2) is 48.5 Å². The van der Waals surface area contributed by atoms with E-state index in [2.05, 4.69) is 5.32 Å². The average molecular weight is 377 g/mol. The molecule has 140 valence electrons. The normalized spacial score (nSPS) is 13.5. The van der Waals surface area contributed by atoms with Gasteiger partial charge in [-0.2, -0.15) is 5.26 Å². The van der Waals surface area contributed by atoms with Crippen molar-refractivity contribution in [3.63, 3.8) is 0 Å². The summed E-state index contributed by atoms with van der Waals surface area (Å²) < 4.78 is 5.08. The fourth-order valence-electron chi connectivity index (χ4n) is 2.75. The lowest BCUT2D eigenvalue weighted by Crippen LogP contribution is -2.38. The smallest absolute Gasteiger partial charge is 0.326 e. The first-order chi connectivity index (χ1) is 13.4. The van der Waals surface area contributed by atoms with Crippen LogP contribution in [0, 0.1) is 11.3 Å². The van der Waals surface area contributed by atoms with E-state index in [0.29, 0.717) is 11.4 Å². The molecule has 0 aromatic heterocycles. The molecule has 1 N–H and O–H groups in total. The van der Waals surface area contributed by atoms with Gasteiger partial charge < -0.3 is 10.1 Å². The highest BCUT2D eigenvalue weighted by molar-refractivity contribution is 6.52. The van der Waals surface area contributed by atoms with E-state index in [4.69, 9.17) is 10.00 Å². The Morgan fingerprint density at radius 1 is 1.14 bits per heavy atom. The first-order valence-electron chi connectivity index (χ1n) is 8.37. The summed E-state index contributed by atoms with van der Waals surface area (Å²) in [7, 11) is 0. The third kappa shape index (κ3) is 3.59. The van der Waals surface area contributed by atoms with E-state index in [1.807, 2.05) is 6.07 Å². The lowest BCUT2D eigenvalue weighted by atomic mass is 10.1. The summed E-state index contributed by atoms with van der Waals surface area (Å²) in [5.41, 5.74) is 1.12. The summed E-state index contributed by atoms with van der Waals surface area (Å²) >= 11 is 0. The molecule has 1 atom stereocenters. The Bertz CT molecular complexity index is 1020. The molecule has 2 aromatic rings. The minimum Gasteiger partial charge on any atom is -0.451 e. The molecule has 0 saturated heterocycles. The lowest BCUT2D eigenvalue weighted by molar-refractivity contribution is -0.152. The first kappa shape index (κ1) is 18.8. The maximum atomic E-state index is 12.2. The molecule has 0 unspecified atom stereocenters. The van der Waals surface area contributed by atoms with Gasteiger partial charge in [0.15, 0.2) is 6.10 Å². The molecule has 3 rings (SSSR count). The van der Waals surface area contributed by atoms with E-state index in [1.54, 1.807) is 42.5 Å². The maximum absolute atomic E-state index is 12.2. The van der Waals surface area contributed by atoms with Gasteiger partial charge in [-0.1, -0.05) is 24.3 Å². The Hall–Kier alpha value is -3.99.